The van der Waals surface area contributed by atoms with Crippen LogP contribution in [0, 0.1) is 0 Å². The zero-order valence-electron chi connectivity index (χ0n) is 19.6. The van der Waals surface area contributed by atoms with Crippen LogP contribution >= 0.6 is 0 Å². The molecule has 5 nitrogen and oxygen atoms in total. The van der Waals surface area contributed by atoms with E-state index in [1.807, 2.05) is 20.8 Å². The third-order valence-corrected chi connectivity index (χ3v) is 9.90. The van der Waals surface area contributed by atoms with E-state index in [0.29, 0.717) is 6.54 Å². The summed E-state index contributed by atoms with van der Waals surface area (Å²) in [4.78, 5) is 15.5. The van der Waals surface area contributed by atoms with Crippen LogP contribution in [0.25, 0.3) is 10.9 Å². The normalized spacial score (nSPS) is 12.9. The van der Waals surface area contributed by atoms with Crippen LogP contribution in [0.3, 0.4) is 0 Å². The van der Waals surface area contributed by atoms with Gasteiger partial charge in [0.1, 0.15) is 11.4 Å². The first-order chi connectivity index (χ1) is 13.2. The van der Waals surface area contributed by atoms with Crippen LogP contribution in [0.4, 0.5) is 4.79 Å². The molecule has 0 bridgehead atoms. The topological polar surface area (TPSA) is 63.3 Å². The van der Waals surface area contributed by atoms with Crippen molar-refractivity contribution in [3.8, 4) is 5.75 Å². The molecule has 0 radical (unpaired) electrons. The molecule has 0 spiro atoms. The Labute approximate surface area is 176 Å². The lowest BCUT2D eigenvalue weighted by atomic mass is 10.1. The first kappa shape index (κ1) is 23.3. The van der Waals surface area contributed by atoms with E-state index in [1.54, 1.807) is 0 Å². The summed E-state index contributed by atoms with van der Waals surface area (Å²) in [6, 6.07) is 6.30. The highest BCUT2D eigenvalue weighted by Crippen LogP contribution is 2.38. The molecule has 6 heteroatoms. The van der Waals surface area contributed by atoms with Crippen LogP contribution in [0.2, 0.25) is 18.1 Å². The SMILES string of the molecule is CCc1[nH]c2ccc(O[Si](C)(C)C(C)(C)C)cc2c1CCNC(=O)OC(C)(C)C. The Balaban J connectivity index is 2.22. The molecule has 0 saturated carbocycles. The second-order valence-corrected chi connectivity index (χ2v) is 14.9. The molecule has 1 aromatic heterocycles. The number of H-pyrrole nitrogens is 1. The molecule has 0 atom stereocenters. The predicted octanol–water partition coefficient (Wildman–Crippen LogP) is 6.18. The van der Waals surface area contributed by atoms with Crippen molar-refractivity contribution in [2.45, 2.75) is 85.0 Å². The molecule has 1 heterocycles. The van der Waals surface area contributed by atoms with Gasteiger partial charge >= 0.3 is 6.09 Å². The zero-order valence-corrected chi connectivity index (χ0v) is 20.6. The molecular weight excluding hydrogens is 380 g/mol. The van der Waals surface area contributed by atoms with Crippen LogP contribution in [-0.2, 0) is 17.6 Å². The van der Waals surface area contributed by atoms with Crippen molar-refractivity contribution in [2.24, 2.45) is 0 Å². The molecule has 0 fully saturated rings. The average Bonchev–Trinajstić information content (AvgIpc) is 2.89. The highest BCUT2D eigenvalue weighted by atomic mass is 28.4. The number of alkyl carbamates (subject to hydrolysis) is 1. The third kappa shape index (κ3) is 6.01. The summed E-state index contributed by atoms with van der Waals surface area (Å²) < 4.78 is 11.8. The van der Waals surface area contributed by atoms with E-state index in [9.17, 15) is 4.79 Å². The van der Waals surface area contributed by atoms with Gasteiger partial charge in [0.05, 0.1) is 0 Å². The van der Waals surface area contributed by atoms with Crippen LogP contribution in [0.5, 0.6) is 5.75 Å². The molecule has 0 saturated heterocycles. The maximum Gasteiger partial charge on any atom is 0.407 e. The number of benzene rings is 1. The number of nitrogens with one attached hydrogen (secondary N) is 2. The Morgan fingerprint density at radius 2 is 1.79 bits per heavy atom. The molecule has 1 aromatic carbocycles. The fraction of sp³-hybridized carbons (Fsp3) is 0.609. The Hall–Kier alpha value is -1.95. The number of aryl methyl sites for hydroxylation is 1. The fourth-order valence-electron chi connectivity index (χ4n) is 2.98. The first-order valence-corrected chi connectivity index (χ1v) is 13.4. The van der Waals surface area contributed by atoms with Crippen LogP contribution < -0.4 is 9.74 Å². The van der Waals surface area contributed by atoms with Gasteiger partial charge in [0.2, 0.25) is 8.32 Å². The molecule has 2 aromatic rings. The number of aromatic amines is 1. The Morgan fingerprint density at radius 1 is 1.14 bits per heavy atom. The number of rotatable bonds is 6. The van der Waals surface area contributed by atoms with E-state index in [4.69, 9.17) is 9.16 Å². The number of aromatic nitrogens is 1. The molecular formula is C23H38N2O3Si. The van der Waals surface area contributed by atoms with E-state index in [2.05, 4.69) is 69.3 Å². The van der Waals surface area contributed by atoms with Crippen molar-refractivity contribution in [1.82, 2.24) is 10.3 Å². The number of carbonyl (C=O) groups is 1. The lowest BCUT2D eigenvalue weighted by Crippen LogP contribution is -2.43. The zero-order chi connectivity index (χ0) is 22.0. The Bertz CT molecular complexity index is 857. The average molecular weight is 419 g/mol. The number of amides is 1. The largest absolute Gasteiger partial charge is 0.543 e. The van der Waals surface area contributed by atoms with E-state index in [-0.39, 0.29) is 11.1 Å². The first-order valence-electron chi connectivity index (χ1n) is 10.5. The van der Waals surface area contributed by atoms with Gasteiger partial charge in [-0.3, -0.25) is 0 Å². The van der Waals surface area contributed by atoms with Gasteiger partial charge in [0, 0.05) is 23.1 Å². The molecule has 0 aliphatic heterocycles. The van der Waals surface area contributed by atoms with E-state index in [0.717, 1.165) is 24.1 Å². The molecule has 162 valence electrons. The van der Waals surface area contributed by atoms with Crippen LogP contribution in [-0.4, -0.2) is 31.5 Å². The summed E-state index contributed by atoms with van der Waals surface area (Å²) in [6.07, 6.45) is 1.28. The van der Waals surface area contributed by atoms with Gasteiger partial charge in [-0.05, 0) is 75.5 Å². The van der Waals surface area contributed by atoms with Gasteiger partial charge in [-0.15, -0.1) is 0 Å². The van der Waals surface area contributed by atoms with Crippen molar-refractivity contribution >= 4 is 25.3 Å². The summed E-state index contributed by atoms with van der Waals surface area (Å²) in [6.45, 7) is 19.5. The van der Waals surface area contributed by atoms with Crippen molar-refractivity contribution in [2.75, 3.05) is 6.54 Å². The highest BCUT2D eigenvalue weighted by Gasteiger charge is 2.39. The molecule has 0 aliphatic rings. The van der Waals surface area contributed by atoms with Crippen molar-refractivity contribution in [1.29, 1.82) is 0 Å². The predicted molar refractivity (Wildman–Crippen MR) is 123 cm³/mol. The van der Waals surface area contributed by atoms with Gasteiger partial charge in [-0.1, -0.05) is 27.7 Å². The summed E-state index contributed by atoms with van der Waals surface area (Å²) >= 11 is 0. The van der Waals surface area contributed by atoms with E-state index in [1.165, 1.54) is 16.6 Å². The minimum absolute atomic E-state index is 0.148. The summed E-state index contributed by atoms with van der Waals surface area (Å²) in [7, 11) is -1.90. The highest BCUT2D eigenvalue weighted by molar-refractivity contribution is 6.74. The number of hydrogen-bond acceptors (Lipinski definition) is 3. The lowest BCUT2D eigenvalue weighted by molar-refractivity contribution is 0.0528. The lowest BCUT2D eigenvalue weighted by Gasteiger charge is -2.36. The van der Waals surface area contributed by atoms with Crippen LogP contribution in [0.1, 0.15) is 59.7 Å². The van der Waals surface area contributed by atoms with Gasteiger partial charge in [0.15, 0.2) is 0 Å². The molecule has 1 amide bonds. The Kier molecular flexibility index (Phi) is 6.77. The summed E-state index contributed by atoms with van der Waals surface area (Å²) in [5.41, 5.74) is 3.06. The maximum atomic E-state index is 12.0. The van der Waals surface area contributed by atoms with E-state index < -0.39 is 13.9 Å². The van der Waals surface area contributed by atoms with Crippen molar-refractivity contribution in [3.63, 3.8) is 0 Å². The molecule has 2 rings (SSSR count). The number of carbonyl (C=O) groups excluding carboxylic acids is 1. The quantitative estimate of drug-likeness (QED) is 0.550. The van der Waals surface area contributed by atoms with Gasteiger partial charge in [-0.25, -0.2) is 4.79 Å². The number of ether oxygens (including phenoxy) is 1. The van der Waals surface area contributed by atoms with Crippen molar-refractivity contribution in [3.05, 3.63) is 29.5 Å². The second kappa shape index (κ2) is 8.42. The fourth-order valence-corrected chi connectivity index (χ4v) is 4.01. The van der Waals surface area contributed by atoms with Gasteiger partial charge in [0.25, 0.3) is 0 Å². The third-order valence-electron chi connectivity index (χ3n) is 5.54. The van der Waals surface area contributed by atoms with Gasteiger partial charge in [-0.2, -0.15) is 0 Å². The minimum atomic E-state index is -1.90. The maximum absolute atomic E-state index is 12.0. The minimum Gasteiger partial charge on any atom is -0.543 e. The van der Waals surface area contributed by atoms with Gasteiger partial charge < -0.3 is 19.5 Å². The molecule has 29 heavy (non-hydrogen) atoms. The number of hydrogen-bond donors (Lipinski definition) is 2. The van der Waals surface area contributed by atoms with Crippen LogP contribution in [0.15, 0.2) is 18.2 Å². The number of fused-ring (bicyclic) bond motifs is 1. The Morgan fingerprint density at radius 3 is 2.34 bits per heavy atom. The monoisotopic (exact) mass is 418 g/mol. The summed E-state index contributed by atoms with van der Waals surface area (Å²) in [5, 5.41) is 4.18. The smallest absolute Gasteiger partial charge is 0.407 e. The standard InChI is InChI=1S/C23H38N2O3Si/c1-10-19-17(13-14-24-21(26)27-22(2,3)4)18-15-16(11-12-20(18)25-19)28-29(8,9)23(5,6)7/h11-12,15,25H,10,13-14H2,1-9H3,(H,24,26). The van der Waals surface area contributed by atoms with E-state index >= 15 is 0 Å². The molecule has 0 aliphatic carbocycles. The summed E-state index contributed by atoms with van der Waals surface area (Å²) in [5.74, 6) is 0.923. The molecule has 2 N–H and O–H groups in total. The van der Waals surface area contributed by atoms with Crippen molar-refractivity contribution < 1.29 is 14.0 Å². The molecule has 0 unspecified atom stereocenters. The second-order valence-electron chi connectivity index (χ2n) is 10.2.